The molecule has 112 valence electrons. The quantitative estimate of drug-likeness (QED) is 0.875. The third-order valence-electron chi connectivity index (χ3n) is 3.14. The number of rotatable bonds is 5. The van der Waals surface area contributed by atoms with Crippen LogP contribution in [-0.4, -0.2) is 17.0 Å². The summed E-state index contributed by atoms with van der Waals surface area (Å²) >= 11 is 5.79. The molecule has 1 heterocycles. The van der Waals surface area contributed by atoms with E-state index >= 15 is 0 Å². The van der Waals surface area contributed by atoms with Gasteiger partial charge in [0.25, 0.3) is 0 Å². The van der Waals surface area contributed by atoms with E-state index in [1.54, 1.807) is 12.1 Å². The first-order valence-electron chi connectivity index (χ1n) is 6.73. The number of hydrogen-bond donors (Lipinski definition) is 2. The molecule has 6 heteroatoms. The van der Waals surface area contributed by atoms with Crippen LogP contribution in [-0.2, 0) is 6.54 Å². The van der Waals surface area contributed by atoms with Gasteiger partial charge in [-0.2, -0.15) is 0 Å². The predicted molar refractivity (Wildman–Crippen MR) is 84.4 cm³/mol. The molecule has 4 nitrogen and oxygen atoms in total. The third-order valence-corrected chi connectivity index (χ3v) is 3.43. The lowest BCUT2D eigenvalue weighted by Crippen LogP contribution is -2.09. The Morgan fingerprint density at radius 2 is 1.95 bits per heavy atom. The van der Waals surface area contributed by atoms with Gasteiger partial charge in [0.2, 0.25) is 0 Å². The molecule has 1 aromatic heterocycles. The van der Waals surface area contributed by atoms with Crippen molar-refractivity contribution in [2.75, 3.05) is 17.7 Å². The Hall–Kier alpha value is -1.88. The average molecular weight is 309 g/mol. The van der Waals surface area contributed by atoms with Gasteiger partial charge in [-0.05, 0) is 23.6 Å². The van der Waals surface area contributed by atoms with Crippen molar-refractivity contribution in [3.8, 4) is 0 Å². The second-order valence-corrected chi connectivity index (χ2v) is 5.40. The normalized spacial score (nSPS) is 10.8. The molecule has 0 atom stereocenters. The summed E-state index contributed by atoms with van der Waals surface area (Å²) in [6.45, 7) is 4.68. The lowest BCUT2D eigenvalue weighted by atomic mass is 10.0. The van der Waals surface area contributed by atoms with Gasteiger partial charge in [-0.15, -0.1) is 0 Å². The number of anilines is 2. The first-order valence-corrected chi connectivity index (χ1v) is 7.11. The van der Waals surface area contributed by atoms with E-state index in [-0.39, 0.29) is 10.9 Å². The highest BCUT2D eigenvalue weighted by atomic mass is 35.5. The summed E-state index contributed by atoms with van der Waals surface area (Å²) in [4.78, 5) is 8.52. The van der Waals surface area contributed by atoms with E-state index in [0.717, 1.165) is 22.8 Å². The van der Waals surface area contributed by atoms with Gasteiger partial charge in [-0.1, -0.05) is 31.5 Å². The Morgan fingerprint density at radius 3 is 2.57 bits per heavy atom. The Bertz CT molecular complexity index is 631. The van der Waals surface area contributed by atoms with Crippen LogP contribution in [0.1, 0.15) is 30.9 Å². The van der Waals surface area contributed by atoms with Gasteiger partial charge in [-0.3, -0.25) is 0 Å². The second-order valence-electron chi connectivity index (χ2n) is 4.99. The molecule has 0 bridgehead atoms. The van der Waals surface area contributed by atoms with E-state index < -0.39 is 5.82 Å². The molecule has 0 unspecified atom stereocenters. The number of hydrogen-bond acceptors (Lipinski definition) is 4. The molecular formula is C15H18ClFN4. The summed E-state index contributed by atoms with van der Waals surface area (Å²) < 4.78 is 13.1. The zero-order chi connectivity index (χ0) is 15.4. The highest BCUT2D eigenvalue weighted by Crippen LogP contribution is 2.28. The van der Waals surface area contributed by atoms with Crippen molar-refractivity contribution in [3.63, 3.8) is 0 Å². The molecule has 1 aromatic carbocycles. The molecule has 0 aliphatic rings. The SMILES string of the molecule is CNc1ncnc(NCc2ccc(F)c(Cl)c2)c1C(C)C. The molecule has 2 rings (SSSR count). The van der Waals surface area contributed by atoms with Gasteiger partial charge >= 0.3 is 0 Å². The summed E-state index contributed by atoms with van der Waals surface area (Å²) in [5, 5.41) is 6.45. The molecule has 2 aromatic rings. The van der Waals surface area contributed by atoms with Crippen LogP contribution in [0.5, 0.6) is 0 Å². The van der Waals surface area contributed by atoms with Crippen molar-refractivity contribution in [1.29, 1.82) is 0 Å². The smallest absolute Gasteiger partial charge is 0.141 e. The summed E-state index contributed by atoms with van der Waals surface area (Å²) in [5.74, 6) is 1.43. The predicted octanol–water partition coefficient (Wildman–Crippen LogP) is 4.05. The minimum absolute atomic E-state index is 0.122. The lowest BCUT2D eigenvalue weighted by Gasteiger charge is -2.16. The molecule has 0 fully saturated rings. The monoisotopic (exact) mass is 308 g/mol. The van der Waals surface area contributed by atoms with Crippen LogP contribution in [0.3, 0.4) is 0 Å². The van der Waals surface area contributed by atoms with Crippen LogP contribution in [0.25, 0.3) is 0 Å². The van der Waals surface area contributed by atoms with E-state index in [1.165, 1.54) is 12.4 Å². The maximum Gasteiger partial charge on any atom is 0.141 e. The van der Waals surface area contributed by atoms with Crippen LogP contribution in [0.2, 0.25) is 5.02 Å². The lowest BCUT2D eigenvalue weighted by molar-refractivity contribution is 0.627. The van der Waals surface area contributed by atoms with Crippen LogP contribution in [0.4, 0.5) is 16.0 Å². The number of halogens is 2. The number of benzene rings is 1. The van der Waals surface area contributed by atoms with Gasteiger partial charge < -0.3 is 10.6 Å². The Morgan fingerprint density at radius 1 is 1.24 bits per heavy atom. The van der Waals surface area contributed by atoms with Gasteiger partial charge in [0, 0.05) is 19.2 Å². The topological polar surface area (TPSA) is 49.8 Å². The van der Waals surface area contributed by atoms with Crippen LogP contribution in [0.15, 0.2) is 24.5 Å². The van der Waals surface area contributed by atoms with Crippen molar-refractivity contribution in [1.82, 2.24) is 9.97 Å². The highest BCUT2D eigenvalue weighted by Gasteiger charge is 2.14. The molecule has 2 N–H and O–H groups in total. The molecule has 21 heavy (non-hydrogen) atoms. The molecule has 0 saturated carbocycles. The number of nitrogens with zero attached hydrogens (tertiary/aromatic N) is 2. The average Bonchev–Trinajstić information content (AvgIpc) is 2.47. The van der Waals surface area contributed by atoms with Crippen molar-refractivity contribution < 1.29 is 4.39 Å². The molecule has 0 amide bonds. The van der Waals surface area contributed by atoms with E-state index in [2.05, 4.69) is 34.4 Å². The standard InChI is InChI=1S/C15H18ClFN4/c1-9(2)13-14(18-3)20-8-21-15(13)19-7-10-4-5-12(17)11(16)6-10/h4-6,8-9H,7H2,1-3H3,(H2,18,19,20,21). The maximum atomic E-state index is 13.1. The highest BCUT2D eigenvalue weighted by molar-refractivity contribution is 6.30. The van der Waals surface area contributed by atoms with Crippen LogP contribution in [0, 0.1) is 5.82 Å². The Balaban J connectivity index is 2.21. The first kappa shape index (κ1) is 15.5. The fraction of sp³-hybridized carbons (Fsp3) is 0.333. The van der Waals surface area contributed by atoms with E-state index in [4.69, 9.17) is 11.6 Å². The summed E-state index contributed by atoms with van der Waals surface area (Å²) in [6.07, 6.45) is 1.51. The Labute approximate surface area is 128 Å². The van der Waals surface area contributed by atoms with Crippen molar-refractivity contribution in [3.05, 3.63) is 46.5 Å². The van der Waals surface area contributed by atoms with E-state index in [0.29, 0.717) is 6.54 Å². The summed E-state index contributed by atoms with van der Waals surface area (Å²) in [7, 11) is 1.83. The van der Waals surface area contributed by atoms with Crippen molar-refractivity contribution in [2.24, 2.45) is 0 Å². The van der Waals surface area contributed by atoms with Crippen LogP contribution < -0.4 is 10.6 Å². The minimum Gasteiger partial charge on any atom is -0.373 e. The largest absolute Gasteiger partial charge is 0.373 e. The molecular weight excluding hydrogens is 291 g/mol. The number of aromatic nitrogens is 2. The first-order chi connectivity index (χ1) is 10.0. The Kier molecular flexibility index (Phi) is 4.96. The van der Waals surface area contributed by atoms with Gasteiger partial charge in [0.15, 0.2) is 0 Å². The molecule has 0 spiro atoms. The van der Waals surface area contributed by atoms with Gasteiger partial charge in [0.05, 0.1) is 5.02 Å². The van der Waals surface area contributed by atoms with Crippen LogP contribution >= 0.6 is 11.6 Å². The number of nitrogens with one attached hydrogen (secondary N) is 2. The zero-order valence-corrected chi connectivity index (χ0v) is 13.0. The van der Waals surface area contributed by atoms with E-state index in [9.17, 15) is 4.39 Å². The summed E-state index contributed by atoms with van der Waals surface area (Å²) in [5.41, 5.74) is 1.91. The van der Waals surface area contributed by atoms with Gasteiger partial charge in [-0.25, -0.2) is 14.4 Å². The summed E-state index contributed by atoms with van der Waals surface area (Å²) in [6, 6.07) is 4.67. The van der Waals surface area contributed by atoms with E-state index in [1.807, 2.05) is 7.05 Å². The molecule has 0 saturated heterocycles. The molecule has 0 aliphatic heterocycles. The van der Waals surface area contributed by atoms with Gasteiger partial charge in [0.1, 0.15) is 23.8 Å². The van der Waals surface area contributed by atoms with Crippen molar-refractivity contribution >= 4 is 23.2 Å². The zero-order valence-electron chi connectivity index (χ0n) is 12.2. The maximum absolute atomic E-state index is 13.1. The molecule has 0 aliphatic carbocycles. The fourth-order valence-electron chi connectivity index (χ4n) is 2.12. The third kappa shape index (κ3) is 3.61. The second kappa shape index (κ2) is 6.72. The molecule has 0 radical (unpaired) electrons. The van der Waals surface area contributed by atoms with Crippen molar-refractivity contribution in [2.45, 2.75) is 26.3 Å². The minimum atomic E-state index is -0.414. The fourth-order valence-corrected chi connectivity index (χ4v) is 2.32.